The van der Waals surface area contributed by atoms with Crippen LogP contribution in [-0.2, 0) is 4.74 Å². The molecule has 1 rings (SSSR count). The summed E-state index contributed by atoms with van der Waals surface area (Å²) in [5.41, 5.74) is 3.13. The van der Waals surface area contributed by atoms with E-state index in [0.717, 1.165) is 31.8 Å². The summed E-state index contributed by atoms with van der Waals surface area (Å²) in [6.45, 7) is 21.0. The van der Waals surface area contributed by atoms with Gasteiger partial charge in [0.2, 0.25) is 5.83 Å². The first-order chi connectivity index (χ1) is 20.5. The Hall–Kier alpha value is -3.22. The van der Waals surface area contributed by atoms with E-state index in [4.69, 9.17) is 9.73 Å². The Kier molecular flexibility index (Phi) is 15.8. The second-order valence-corrected chi connectivity index (χ2v) is 12.8. The van der Waals surface area contributed by atoms with Gasteiger partial charge in [-0.25, -0.2) is 17.6 Å². The fourth-order valence-corrected chi connectivity index (χ4v) is 4.29. The van der Waals surface area contributed by atoms with Crippen LogP contribution in [0.2, 0.25) is 0 Å². The van der Waals surface area contributed by atoms with E-state index in [1.54, 1.807) is 18.4 Å². The van der Waals surface area contributed by atoms with Crippen molar-refractivity contribution in [2.45, 2.75) is 94.1 Å². The maximum Gasteiger partial charge on any atom is 0.206 e. The summed E-state index contributed by atoms with van der Waals surface area (Å²) in [4.78, 5) is 4.75. The molecule has 244 valence electrons. The Balaban J connectivity index is 3.68. The number of nitrogens with zero attached hydrogens (tertiary/aromatic N) is 1. The third-order valence-corrected chi connectivity index (χ3v) is 8.21. The van der Waals surface area contributed by atoms with Gasteiger partial charge in [0, 0.05) is 6.21 Å². The molecule has 0 fully saturated rings. The molecule has 0 spiro atoms. The van der Waals surface area contributed by atoms with E-state index in [-0.39, 0.29) is 23.1 Å². The number of hydrogen-bond acceptors (Lipinski definition) is 2. The molecule has 0 aromatic heterocycles. The van der Waals surface area contributed by atoms with E-state index < -0.39 is 41.6 Å². The van der Waals surface area contributed by atoms with Crippen LogP contribution < -0.4 is 0 Å². The standard InChI is InChI=1S/C37H50F5NO/c1-11-13-17-29(36(6,7)8)20-28(26(4)27(5)37(9,10)12-2)24-43-30-18-15-14-16-19-31(21-30)44-32(23-39)34(41)35(42)33(40)25(3)22-38/h11,15-16,18-21,23-24,27,31H,1,12-14,17,22H2,2-10H3/b18-15?,19-16-,28-26+,29-20+,30-21-,32-23-,33-25-,35-34-,43-24+. The van der Waals surface area contributed by atoms with Crippen LogP contribution in [0.5, 0.6) is 0 Å². The van der Waals surface area contributed by atoms with Gasteiger partial charge in [0.05, 0.1) is 5.70 Å². The Labute approximate surface area is 262 Å². The van der Waals surface area contributed by atoms with Crippen LogP contribution in [0.1, 0.15) is 88.0 Å². The molecule has 0 saturated heterocycles. The van der Waals surface area contributed by atoms with Crippen molar-refractivity contribution in [3.05, 3.63) is 107 Å². The van der Waals surface area contributed by atoms with Crippen molar-refractivity contribution in [3.8, 4) is 0 Å². The van der Waals surface area contributed by atoms with E-state index in [2.05, 4.69) is 68.0 Å². The minimum absolute atomic E-state index is 0.0442. The van der Waals surface area contributed by atoms with E-state index >= 15 is 0 Å². The van der Waals surface area contributed by atoms with E-state index in [0.29, 0.717) is 12.1 Å². The predicted octanol–water partition coefficient (Wildman–Crippen LogP) is 12.3. The molecule has 44 heavy (non-hydrogen) atoms. The molecule has 0 N–H and O–H groups in total. The third-order valence-electron chi connectivity index (χ3n) is 8.21. The van der Waals surface area contributed by atoms with Crippen LogP contribution >= 0.6 is 0 Å². The first-order valence-corrected chi connectivity index (χ1v) is 15.1. The lowest BCUT2D eigenvalue weighted by Crippen LogP contribution is -2.22. The van der Waals surface area contributed by atoms with Crippen LogP contribution in [0.4, 0.5) is 22.0 Å². The van der Waals surface area contributed by atoms with Crippen LogP contribution in [0.25, 0.3) is 0 Å². The molecular weight excluding hydrogens is 569 g/mol. The van der Waals surface area contributed by atoms with Gasteiger partial charge >= 0.3 is 0 Å². The molecule has 7 heteroatoms. The molecule has 0 bridgehead atoms. The molecule has 0 amide bonds. The molecule has 2 unspecified atom stereocenters. The Bertz CT molecular complexity index is 1280. The van der Waals surface area contributed by atoms with Gasteiger partial charge in [-0.05, 0) is 79.2 Å². The number of ether oxygens (including phenoxy) is 1. The van der Waals surface area contributed by atoms with Crippen LogP contribution in [0.3, 0.4) is 0 Å². The van der Waals surface area contributed by atoms with Crippen molar-refractivity contribution in [2.75, 3.05) is 6.67 Å². The molecule has 0 heterocycles. The summed E-state index contributed by atoms with van der Waals surface area (Å²) in [6.07, 6.45) is 16.1. The molecule has 2 atom stereocenters. The number of allylic oxidation sites excluding steroid dienone is 12. The van der Waals surface area contributed by atoms with Crippen molar-refractivity contribution in [1.82, 2.24) is 0 Å². The van der Waals surface area contributed by atoms with Gasteiger partial charge in [0.15, 0.2) is 17.4 Å². The molecule has 1 aliphatic carbocycles. The van der Waals surface area contributed by atoms with Gasteiger partial charge in [-0.2, -0.15) is 4.39 Å². The van der Waals surface area contributed by atoms with Gasteiger partial charge in [-0.1, -0.05) is 90.3 Å². The molecule has 1 aliphatic rings. The molecular formula is C37H50F5NO. The predicted molar refractivity (Wildman–Crippen MR) is 175 cm³/mol. The summed E-state index contributed by atoms with van der Waals surface area (Å²) in [6, 6.07) is 0. The fraction of sp³-hybridized carbons (Fsp3) is 0.486. The minimum Gasteiger partial charge on any atom is -0.477 e. The number of hydrogen-bond donors (Lipinski definition) is 0. The van der Waals surface area contributed by atoms with Crippen molar-refractivity contribution >= 4 is 6.21 Å². The lowest BCUT2D eigenvalue weighted by atomic mass is 9.73. The highest BCUT2D eigenvalue weighted by atomic mass is 19.2. The minimum atomic E-state index is -2.03. The van der Waals surface area contributed by atoms with Gasteiger partial charge in [0.1, 0.15) is 19.1 Å². The van der Waals surface area contributed by atoms with Crippen LogP contribution in [0.15, 0.2) is 112 Å². The molecule has 0 aromatic rings. The maximum atomic E-state index is 14.7. The highest BCUT2D eigenvalue weighted by Gasteiger charge is 2.27. The fourth-order valence-electron chi connectivity index (χ4n) is 4.29. The number of rotatable bonds is 14. The van der Waals surface area contributed by atoms with Crippen LogP contribution in [-0.4, -0.2) is 19.0 Å². The monoisotopic (exact) mass is 619 g/mol. The first kappa shape index (κ1) is 38.8. The lowest BCUT2D eigenvalue weighted by molar-refractivity contribution is 0.180. The number of alkyl halides is 1. The van der Waals surface area contributed by atoms with Crippen LogP contribution in [0, 0.1) is 16.7 Å². The molecule has 0 aliphatic heterocycles. The smallest absolute Gasteiger partial charge is 0.206 e. The third kappa shape index (κ3) is 11.7. The maximum absolute atomic E-state index is 14.7. The zero-order chi connectivity index (χ0) is 33.7. The normalized spacial score (nSPS) is 21.4. The summed E-state index contributed by atoms with van der Waals surface area (Å²) in [5.74, 6) is -6.60. The zero-order valence-electron chi connectivity index (χ0n) is 27.8. The largest absolute Gasteiger partial charge is 0.477 e. The first-order valence-electron chi connectivity index (χ1n) is 15.1. The lowest BCUT2D eigenvalue weighted by Gasteiger charge is -2.32. The number of halogens is 5. The Morgan fingerprint density at radius 2 is 1.75 bits per heavy atom. The van der Waals surface area contributed by atoms with Gasteiger partial charge in [-0.15, -0.1) is 6.58 Å². The summed E-state index contributed by atoms with van der Waals surface area (Å²) in [5, 5.41) is 0. The quantitative estimate of drug-likeness (QED) is 0.0623. The van der Waals surface area contributed by atoms with E-state index in [9.17, 15) is 22.0 Å². The van der Waals surface area contributed by atoms with Crippen molar-refractivity contribution in [1.29, 1.82) is 0 Å². The average molecular weight is 620 g/mol. The topological polar surface area (TPSA) is 21.6 Å². The van der Waals surface area contributed by atoms with Crippen molar-refractivity contribution < 1.29 is 26.7 Å². The zero-order valence-corrected chi connectivity index (χ0v) is 27.8. The second-order valence-electron chi connectivity index (χ2n) is 12.8. The average Bonchev–Trinajstić information content (AvgIpc) is 2.97. The molecule has 2 nitrogen and oxygen atoms in total. The molecule has 0 aromatic carbocycles. The summed E-state index contributed by atoms with van der Waals surface area (Å²) in [7, 11) is 0. The Morgan fingerprint density at radius 3 is 2.30 bits per heavy atom. The summed E-state index contributed by atoms with van der Waals surface area (Å²) < 4.78 is 74.8. The highest BCUT2D eigenvalue weighted by Crippen LogP contribution is 2.38. The Morgan fingerprint density at radius 1 is 1.09 bits per heavy atom. The number of aliphatic imine (C=N–C) groups is 1. The van der Waals surface area contributed by atoms with E-state index in [1.807, 2.05) is 12.2 Å². The SMILES string of the molecule is C=CCC\C(=C/C(/C=N/C1=C\C(OC(=C\F)/C(F)=C(F)\C(F)=C(/C)CF)/C=C\CC=C1)=C(/C)C(C)C(C)(C)CC)C(C)(C)C. The second kappa shape index (κ2) is 17.9. The summed E-state index contributed by atoms with van der Waals surface area (Å²) >= 11 is 0. The van der Waals surface area contributed by atoms with Gasteiger partial charge < -0.3 is 4.74 Å². The van der Waals surface area contributed by atoms with Crippen molar-refractivity contribution in [3.63, 3.8) is 0 Å². The van der Waals surface area contributed by atoms with Gasteiger partial charge in [-0.3, -0.25) is 4.99 Å². The van der Waals surface area contributed by atoms with Gasteiger partial charge in [0.25, 0.3) is 0 Å². The molecule has 0 radical (unpaired) electrons. The molecule has 0 saturated carbocycles. The van der Waals surface area contributed by atoms with Crippen molar-refractivity contribution in [2.24, 2.45) is 21.7 Å². The highest BCUT2D eigenvalue weighted by molar-refractivity contribution is 5.85. The van der Waals surface area contributed by atoms with E-state index in [1.165, 1.54) is 23.3 Å².